The molecule has 0 unspecified atom stereocenters. The van der Waals surface area contributed by atoms with Crippen LogP contribution in [0.5, 0.6) is 0 Å². The van der Waals surface area contributed by atoms with Crippen molar-refractivity contribution < 1.29 is 0 Å². The van der Waals surface area contributed by atoms with Gasteiger partial charge in [-0.05, 0) is 54.3 Å². The van der Waals surface area contributed by atoms with Gasteiger partial charge in [-0.25, -0.2) is 0 Å². The zero-order valence-corrected chi connectivity index (χ0v) is 16.6. The van der Waals surface area contributed by atoms with E-state index in [1.165, 1.54) is 44.1 Å². The Bertz CT molecular complexity index is 1320. The number of fused-ring (bicyclic) bond motifs is 3. The van der Waals surface area contributed by atoms with Gasteiger partial charge in [-0.15, -0.1) is 5.73 Å². The SMILES string of the molecule is CCn1c2ccccc2c2cc(C=C=C3CC=CC=C3c3ccccc3)ccc21. The minimum Gasteiger partial charge on any atom is -0.341 e. The Labute approximate surface area is 171 Å². The molecule has 0 saturated heterocycles. The van der Waals surface area contributed by atoms with Gasteiger partial charge in [-0.1, -0.05) is 72.8 Å². The van der Waals surface area contributed by atoms with Crippen molar-refractivity contribution in [1.82, 2.24) is 4.57 Å². The van der Waals surface area contributed by atoms with E-state index in [-0.39, 0.29) is 0 Å². The van der Waals surface area contributed by atoms with Crippen molar-refractivity contribution in [1.29, 1.82) is 0 Å². The van der Waals surface area contributed by atoms with Crippen molar-refractivity contribution in [3.05, 3.63) is 113 Å². The highest BCUT2D eigenvalue weighted by atomic mass is 15.0. The number of aryl methyl sites for hydroxylation is 1. The van der Waals surface area contributed by atoms with Gasteiger partial charge in [-0.3, -0.25) is 0 Å². The minimum absolute atomic E-state index is 0.911. The molecule has 29 heavy (non-hydrogen) atoms. The molecule has 1 heteroatoms. The molecule has 1 nitrogen and oxygen atoms in total. The number of aromatic nitrogens is 1. The fraction of sp³-hybridized carbons (Fsp3) is 0.107. The Hall–Kier alpha value is -3.54. The molecule has 0 fully saturated rings. The predicted molar refractivity (Wildman–Crippen MR) is 125 cm³/mol. The Morgan fingerprint density at radius 3 is 2.55 bits per heavy atom. The summed E-state index contributed by atoms with van der Waals surface area (Å²) < 4.78 is 2.39. The number of hydrogen-bond acceptors (Lipinski definition) is 0. The quantitative estimate of drug-likeness (QED) is 0.330. The standard InChI is InChI=1S/C28H23N/c1-2-29-27-15-9-8-14-25(27)26-20-21(17-19-28(26)29)16-18-23-12-6-7-13-24(23)22-10-4-3-5-11-22/h3-11,13-17,19-20H,2,12H2,1H3. The molecule has 4 aromatic rings. The largest absolute Gasteiger partial charge is 0.341 e. The summed E-state index contributed by atoms with van der Waals surface area (Å²) in [6, 6.07) is 26.0. The molecule has 1 aliphatic carbocycles. The number of nitrogens with zero attached hydrogens (tertiary/aromatic N) is 1. The fourth-order valence-electron chi connectivity index (χ4n) is 4.26. The molecule has 0 saturated carbocycles. The highest BCUT2D eigenvalue weighted by Crippen LogP contribution is 2.31. The fourth-order valence-corrected chi connectivity index (χ4v) is 4.26. The number of rotatable bonds is 3. The smallest absolute Gasteiger partial charge is 0.0491 e. The molecule has 1 heterocycles. The van der Waals surface area contributed by atoms with Crippen LogP contribution in [0.1, 0.15) is 24.5 Å². The lowest BCUT2D eigenvalue weighted by atomic mass is 9.92. The third-order valence-corrected chi connectivity index (χ3v) is 5.66. The highest BCUT2D eigenvalue weighted by Gasteiger charge is 2.10. The lowest BCUT2D eigenvalue weighted by Gasteiger charge is -2.11. The van der Waals surface area contributed by atoms with E-state index in [9.17, 15) is 0 Å². The Kier molecular flexibility index (Phi) is 4.52. The molecule has 5 rings (SSSR count). The van der Waals surface area contributed by atoms with Crippen LogP contribution in [0.4, 0.5) is 0 Å². The summed E-state index contributed by atoms with van der Waals surface area (Å²) in [7, 11) is 0. The van der Waals surface area contributed by atoms with Gasteiger partial charge in [0.25, 0.3) is 0 Å². The Morgan fingerprint density at radius 1 is 0.897 bits per heavy atom. The van der Waals surface area contributed by atoms with Gasteiger partial charge in [0.2, 0.25) is 0 Å². The summed E-state index contributed by atoms with van der Waals surface area (Å²) in [4.78, 5) is 0. The molecule has 0 N–H and O–H groups in total. The monoisotopic (exact) mass is 373 g/mol. The van der Waals surface area contributed by atoms with Crippen LogP contribution in [-0.4, -0.2) is 4.57 Å². The van der Waals surface area contributed by atoms with Crippen molar-refractivity contribution in [2.24, 2.45) is 0 Å². The lowest BCUT2D eigenvalue weighted by molar-refractivity contribution is 0.827. The van der Waals surface area contributed by atoms with Gasteiger partial charge in [-0.2, -0.15) is 0 Å². The van der Waals surface area contributed by atoms with Crippen LogP contribution < -0.4 is 0 Å². The first-order valence-electron chi connectivity index (χ1n) is 10.2. The first-order chi connectivity index (χ1) is 14.3. The molecule has 0 amide bonds. The van der Waals surface area contributed by atoms with E-state index in [1.54, 1.807) is 0 Å². The van der Waals surface area contributed by atoms with Crippen LogP contribution in [0.25, 0.3) is 33.5 Å². The first kappa shape index (κ1) is 17.6. The van der Waals surface area contributed by atoms with Crippen LogP contribution in [0.15, 0.2) is 102 Å². The first-order valence-corrected chi connectivity index (χ1v) is 10.2. The van der Waals surface area contributed by atoms with Gasteiger partial charge in [0.1, 0.15) is 0 Å². The maximum atomic E-state index is 3.59. The lowest BCUT2D eigenvalue weighted by Crippen LogP contribution is -1.92. The van der Waals surface area contributed by atoms with Crippen LogP contribution in [0.3, 0.4) is 0 Å². The van der Waals surface area contributed by atoms with Crippen LogP contribution in [0.2, 0.25) is 0 Å². The third kappa shape index (κ3) is 3.16. The molecule has 0 atom stereocenters. The highest BCUT2D eigenvalue weighted by molar-refractivity contribution is 6.08. The summed E-state index contributed by atoms with van der Waals surface area (Å²) in [6.07, 6.45) is 9.56. The summed E-state index contributed by atoms with van der Waals surface area (Å²) >= 11 is 0. The van der Waals surface area contributed by atoms with Gasteiger partial charge in [0, 0.05) is 33.9 Å². The zero-order valence-electron chi connectivity index (χ0n) is 16.6. The topological polar surface area (TPSA) is 4.93 Å². The summed E-state index contributed by atoms with van der Waals surface area (Å²) in [5.74, 6) is 0. The Morgan fingerprint density at radius 2 is 1.69 bits per heavy atom. The molecule has 1 aliphatic rings. The second-order valence-corrected chi connectivity index (χ2v) is 7.38. The van der Waals surface area contributed by atoms with E-state index in [2.05, 4.69) is 114 Å². The predicted octanol–water partition coefficient (Wildman–Crippen LogP) is 7.40. The Balaban J connectivity index is 1.61. The van der Waals surface area contributed by atoms with Gasteiger partial charge in [0.15, 0.2) is 0 Å². The molecular weight excluding hydrogens is 350 g/mol. The second-order valence-electron chi connectivity index (χ2n) is 7.38. The van der Waals surface area contributed by atoms with Gasteiger partial charge < -0.3 is 4.57 Å². The second kappa shape index (κ2) is 7.47. The molecule has 0 spiro atoms. The average molecular weight is 373 g/mol. The van der Waals surface area contributed by atoms with Crippen molar-refractivity contribution in [2.75, 3.05) is 0 Å². The van der Waals surface area contributed by atoms with E-state index in [0.717, 1.165) is 13.0 Å². The summed E-state index contributed by atoms with van der Waals surface area (Å²) in [6.45, 7) is 3.18. The zero-order chi connectivity index (χ0) is 19.6. The maximum absolute atomic E-state index is 3.59. The van der Waals surface area contributed by atoms with Crippen LogP contribution >= 0.6 is 0 Å². The molecule has 140 valence electrons. The molecule has 0 aliphatic heterocycles. The molecule has 3 aromatic carbocycles. The van der Waals surface area contributed by atoms with Crippen LogP contribution in [0, 0.1) is 0 Å². The van der Waals surface area contributed by atoms with Crippen LogP contribution in [-0.2, 0) is 6.54 Å². The van der Waals surface area contributed by atoms with Crippen molar-refractivity contribution in [3.63, 3.8) is 0 Å². The molecule has 1 aromatic heterocycles. The van der Waals surface area contributed by atoms with Gasteiger partial charge in [0.05, 0.1) is 0 Å². The molecule has 0 bridgehead atoms. The summed E-state index contributed by atoms with van der Waals surface area (Å²) in [5.41, 5.74) is 11.1. The van der Waals surface area contributed by atoms with E-state index in [4.69, 9.17) is 0 Å². The number of allylic oxidation sites excluding steroid dienone is 5. The molecule has 0 radical (unpaired) electrons. The third-order valence-electron chi connectivity index (χ3n) is 5.66. The normalized spacial score (nSPS) is 13.6. The maximum Gasteiger partial charge on any atom is 0.0491 e. The summed E-state index contributed by atoms with van der Waals surface area (Å²) in [5, 5.41) is 2.63. The average Bonchev–Trinajstić information content (AvgIpc) is 3.11. The number of benzene rings is 3. The minimum atomic E-state index is 0.911. The van der Waals surface area contributed by atoms with Crippen molar-refractivity contribution in [3.8, 4) is 0 Å². The van der Waals surface area contributed by atoms with Crippen molar-refractivity contribution >= 4 is 33.5 Å². The van der Waals surface area contributed by atoms with Crippen molar-refractivity contribution in [2.45, 2.75) is 19.9 Å². The van der Waals surface area contributed by atoms with E-state index >= 15 is 0 Å². The van der Waals surface area contributed by atoms with E-state index in [0.29, 0.717) is 0 Å². The number of para-hydroxylation sites is 1. The van der Waals surface area contributed by atoms with E-state index < -0.39 is 0 Å². The number of hydrogen-bond donors (Lipinski definition) is 0. The van der Waals surface area contributed by atoms with Gasteiger partial charge >= 0.3 is 0 Å². The van der Waals surface area contributed by atoms with E-state index in [1.807, 2.05) is 0 Å². The molecular formula is C28H23N.